The first-order valence-corrected chi connectivity index (χ1v) is 11.1. The summed E-state index contributed by atoms with van der Waals surface area (Å²) in [5.74, 6) is -0.0442. The average Bonchev–Trinajstić information content (AvgIpc) is 3.18. The summed E-state index contributed by atoms with van der Waals surface area (Å²) in [6.07, 6.45) is -2.20. The van der Waals surface area contributed by atoms with Crippen molar-refractivity contribution in [1.29, 1.82) is 0 Å². The summed E-state index contributed by atoms with van der Waals surface area (Å²) < 4.78 is 68.4. The molecule has 0 spiro atoms. The van der Waals surface area contributed by atoms with E-state index in [0.717, 1.165) is 15.8 Å². The maximum atomic E-state index is 13.0. The van der Waals surface area contributed by atoms with E-state index < -0.39 is 21.6 Å². The van der Waals surface area contributed by atoms with E-state index in [9.17, 15) is 21.6 Å². The van der Waals surface area contributed by atoms with E-state index >= 15 is 0 Å². The Balaban J connectivity index is 2.06. The lowest BCUT2D eigenvalue weighted by Gasteiger charge is -2.06. The molecule has 0 saturated carbocycles. The van der Waals surface area contributed by atoms with Crippen LogP contribution in [-0.4, -0.2) is 38.1 Å². The van der Waals surface area contributed by atoms with Gasteiger partial charge in [0, 0.05) is 23.0 Å². The molecule has 4 rings (SSSR count). The van der Waals surface area contributed by atoms with Gasteiger partial charge in [-0.25, -0.2) is 23.4 Å². The van der Waals surface area contributed by atoms with Crippen LogP contribution in [0, 0.1) is 3.57 Å². The summed E-state index contributed by atoms with van der Waals surface area (Å²) in [5.41, 5.74) is -0.268. The molecule has 0 bridgehead atoms. The summed E-state index contributed by atoms with van der Waals surface area (Å²) in [7, 11) is -2.16. The van der Waals surface area contributed by atoms with Gasteiger partial charge in [0.15, 0.2) is 26.3 Å². The van der Waals surface area contributed by atoms with Crippen molar-refractivity contribution in [2.45, 2.75) is 18.1 Å². The number of fused-ring (bicyclic) bond motifs is 2. The first-order valence-electron chi connectivity index (χ1n) is 8.33. The lowest BCUT2D eigenvalue weighted by Crippen LogP contribution is -2.10. The molecule has 0 aliphatic rings. The number of aryl methyl sites for hydroxylation is 1. The number of hydrogen-bond acceptors (Lipinski definition) is 5. The van der Waals surface area contributed by atoms with Crippen molar-refractivity contribution in [3.63, 3.8) is 0 Å². The summed E-state index contributed by atoms with van der Waals surface area (Å²) in [6.45, 7) is 1.51. The van der Waals surface area contributed by atoms with Gasteiger partial charge < -0.3 is 4.57 Å². The molecule has 0 aromatic carbocycles. The Morgan fingerprint density at radius 1 is 1.21 bits per heavy atom. The molecule has 4 aromatic rings. The smallest absolute Gasteiger partial charge is 0.310 e. The molecule has 0 amide bonds. The molecule has 0 radical (unpaired) electrons. The van der Waals surface area contributed by atoms with Crippen LogP contribution < -0.4 is 0 Å². The molecule has 29 heavy (non-hydrogen) atoms. The van der Waals surface area contributed by atoms with E-state index in [1.807, 2.05) is 0 Å². The number of nitrogens with zero attached hydrogens (tertiary/aromatic N) is 5. The summed E-state index contributed by atoms with van der Waals surface area (Å²) in [5, 5.41) is -0.0528. The van der Waals surface area contributed by atoms with Gasteiger partial charge in [-0.3, -0.25) is 4.40 Å². The highest BCUT2D eigenvalue weighted by molar-refractivity contribution is 14.1. The number of pyridine rings is 2. The number of rotatable bonds is 3. The highest BCUT2D eigenvalue weighted by Crippen LogP contribution is 2.33. The molecule has 0 aliphatic heterocycles. The minimum atomic E-state index is -4.56. The molecule has 0 fully saturated rings. The summed E-state index contributed by atoms with van der Waals surface area (Å²) in [6, 6.07) is 4.34. The first kappa shape index (κ1) is 20.1. The average molecular weight is 535 g/mol. The van der Waals surface area contributed by atoms with E-state index in [-0.39, 0.29) is 33.5 Å². The number of imidazole rings is 2. The quantitative estimate of drug-likeness (QED) is 0.374. The molecule has 4 aromatic heterocycles. The van der Waals surface area contributed by atoms with Crippen molar-refractivity contribution in [2.24, 2.45) is 7.05 Å². The van der Waals surface area contributed by atoms with Gasteiger partial charge >= 0.3 is 6.18 Å². The van der Waals surface area contributed by atoms with Crippen LogP contribution in [0.3, 0.4) is 0 Å². The van der Waals surface area contributed by atoms with Crippen LogP contribution in [0.2, 0.25) is 0 Å². The van der Waals surface area contributed by atoms with Crippen molar-refractivity contribution in [3.8, 4) is 11.5 Å². The Morgan fingerprint density at radius 2 is 1.93 bits per heavy atom. The Hall–Kier alpha value is -2.22. The van der Waals surface area contributed by atoms with Gasteiger partial charge in [-0.15, -0.1) is 0 Å². The van der Waals surface area contributed by atoms with E-state index in [0.29, 0.717) is 5.65 Å². The fraction of sp³-hybridized carbons (Fsp3) is 0.235. The Labute approximate surface area is 176 Å². The SMILES string of the molecule is CCS(=O)(=O)c1c(-c2nc3cc(C(F)(F)F)cnc3n2C)nc2ccc(I)cn12. The zero-order valence-electron chi connectivity index (χ0n) is 15.1. The molecule has 7 nitrogen and oxygen atoms in total. The molecule has 152 valence electrons. The molecule has 0 atom stereocenters. The topological polar surface area (TPSA) is 82.1 Å². The maximum absolute atomic E-state index is 13.0. The van der Waals surface area contributed by atoms with Gasteiger partial charge in [-0.2, -0.15) is 13.2 Å². The van der Waals surface area contributed by atoms with Crippen molar-refractivity contribution in [1.82, 2.24) is 23.9 Å². The fourth-order valence-electron chi connectivity index (χ4n) is 3.02. The zero-order valence-corrected chi connectivity index (χ0v) is 18.0. The largest absolute Gasteiger partial charge is 0.417 e. The summed E-state index contributed by atoms with van der Waals surface area (Å²) in [4.78, 5) is 12.5. The number of aromatic nitrogens is 5. The molecule has 0 unspecified atom stereocenters. The van der Waals surface area contributed by atoms with Crippen LogP contribution in [0.5, 0.6) is 0 Å². The predicted octanol–water partition coefficient (Wildman–Crippen LogP) is 3.70. The van der Waals surface area contributed by atoms with Crippen LogP contribution in [0.1, 0.15) is 12.5 Å². The van der Waals surface area contributed by atoms with Crippen LogP contribution >= 0.6 is 22.6 Å². The van der Waals surface area contributed by atoms with Crippen molar-refractivity contribution < 1.29 is 21.6 Å². The number of alkyl halides is 3. The standard InChI is InChI=1S/C17H13F3IN5O2S/c1-3-29(27,28)16-13(24-12-5-4-10(21)8-26(12)16)15-23-11-6-9(17(18,19)20)7-22-14(11)25(15)2/h4-8H,3H2,1-2H3. The third-order valence-corrected chi connectivity index (χ3v) is 6.84. The van der Waals surface area contributed by atoms with Gasteiger partial charge in [0.25, 0.3) is 0 Å². The second-order valence-electron chi connectivity index (χ2n) is 6.30. The Bertz CT molecular complexity index is 1380. The van der Waals surface area contributed by atoms with Crippen LogP contribution in [-0.2, 0) is 23.1 Å². The second kappa shape index (κ2) is 6.65. The van der Waals surface area contributed by atoms with Gasteiger partial charge in [-0.05, 0) is 40.8 Å². The number of halogens is 4. The predicted molar refractivity (Wildman–Crippen MR) is 108 cm³/mol. The normalized spacial score (nSPS) is 12.9. The van der Waals surface area contributed by atoms with E-state index in [1.165, 1.54) is 15.9 Å². The molecule has 0 saturated heterocycles. The minimum Gasteiger partial charge on any atom is -0.310 e. The highest BCUT2D eigenvalue weighted by atomic mass is 127. The van der Waals surface area contributed by atoms with Crippen molar-refractivity contribution >= 4 is 49.2 Å². The molecule has 12 heteroatoms. The summed E-state index contributed by atoms with van der Waals surface area (Å²) >= 11 is 2.06. The zero-order chi connectivity index (χ0) is 21.1. The third kappa shape index (κ3) is 3.27. The number of hydrogen-bond donors (Lipinski definition) is 0. The van der Waals surface area contributed by atoms with Crippen molar-refractivity contribution in [2.75, 3.05) is 5.75 Å². The lowest BCUT2D eigenvalue weighted by atomic mass is 10.2. The molecule has 0 N–H and O–H groups in total. The van der Waals surface area contributed by atoms with E-state index in [2.05, 4.69) is 37.5 Å². The van der Waals surface area contributed by atoms with Crippen LogP contribution in [0.15, 0.2) is 35.6 Å². The molecule has 4 heterocycles. The monoisotopic (exact) mass is 535 g/mol. The molecular weight excluding hydrogens is 522 g/mol. The van der Waals surface area contributed by atoms with Gasteiger partial charge in [0.1, 0.15) is 16.9 Å². The first-order chi connectivity index (χ1) is 13.5. The van der Waals surface area contributed by atoms with Crippen molar-refractivity contribution in [3.05, 3.63) is 39.7 Å². The van der Waals surface area contributed by atoms with Gasteiger partial charge in [0.05, 0.1) is 11.3 Å². The van der Waals surface area contributed by atoms with Crippen LogP contribution in [0.25, 0.3) is 28.3 Å². The highest BCUT2D eigenvalue weighted by Gasteiger charge is 2.33. The third-order valence-electron chi connectivity index (χ3n) is 4.46. The van der Waals surface area contributed by atoms with Gasteiger partial charge in [0.2, 0.25) is 0 Å². The fourth-order valence-corrected chi connectivity index (χ4v) is 4.63. The maximum Gasteiger partial charge on any atom is 0.417 e. The molecular formula is C17H13F3IN5O2S. The molecule has 0 aliphatic carbocycles. The lowest BCUT2D eigenvalue weighted by molar-refractivity contribution is -0.137. The Morgan fingerprint density at radius 3 is 2.59 bits per heavy atom. The van der Waals surface area contributed by atoms with Crippen LogP contribution in [0.4, 0.5) is 13.2 Å². The Kier molecular flexibility index (Phi) is 4.60. The number of sulfone groups is 1. The second-order valence-corrected chi connectivity index (χ2v) is 9.74. The van der Waals surface area contributed by atoms with E-state index in [4.69, 9.17) is 0 Å². The minimum absolute atomic E-state index is 0.00353. The van der Waals surface area contributed by atoms with E-state index in [1.54, 1.807) is 25.4 Å². The van der Waals surface area contributed by atoms with Gasteiger partial charge in [-0.1, -0.05) is 6.92 Å².